The zero-order chi connectivity index (χ0) is 34.0. The number of hydrogen-bond donors (Lipinski definition) is 0. The fourth-order valence-electron chi connectivity index (χ4n) is 4.43. The van der Waals surface area contributed by atoms with Gasteiger partial charge < -0.3 is 31.3 Å². The minimum atomic E-state index is -4.17. The van der Waals surface area contributed by atoms with Crippen LogP contribution in [0.25, 0.3) is 22.3 Å². The molecular formula is C29H31NO13S3. The first-order valence-electron chi connectivity index (χ1n) is 13.2. The van der Waals surface area contributed by atoms with Gasteiger partial charge in [0.2, 0.25) is 0 Å². The second-order valence-corrected chi connectivity index (χ2v) is 14.7. The van der Waals surface area contributed by atoms with E-state index in [-0.39, 0.29) is 52.2 Å². The van der Waals surface area contributed by atoms with Gasteiger partial charge in [0.1, 0.15) is 23.9 Å². The van der Waals surface area contributed by atoms with Gasteiger partial charge in [0.05, 0.1) is 49.8 Å². The van der Waals surface area contributed by atoms with E-state index in [0.717, 1.165) is 18.8 Å². The first-order chi connectivity index (χ1) is 21.4. The Morgan fingerprint density at radius 2 is 1.28 bits per heavy atom. The molecule has 4 aromatic rings. The van der Waals surface area contributed by atoms with Crippen LogP contribution in [-0.4, -0.2) is 63.4 Å². The first kappa shape index (κ1) is 34.4. The van der Waals surface area contributed by atoms with E-state index < -0.39 is 30.4 Å². The van der Waals surface area contributed by atoms with Crippen LogP contribution < -0.4 is 26.8 Å². The average molecular weight is 698 g/mol. The van der Waals surface area contributed by atoms with E-state index in [0.29, 0.717) is 28.1 Å². The molecule has 0 unspecified atom stereocenters. The third-order valence-corrected chi connectivity index (χ3v) is 7.75. The molecule has 3 aromatic carbocycles. The predicted molar refractivity (Wildman–Crippen MR) is 167 cm³/mol. The highest BCUT2D eigenvalue weighted by Gasteiger charge is 2.27. The van der Waals surface area contributed by atoms with Gasteiger partial charge in [0, 0.05) is 5.56 Å². The maximum Gasteiger partial charge on any atom is 0.306 e. The van der Waals surface area contributed by atoms with Gasteiger partial charge in [0.15, 0.2) is 23.0 Å². The third-order valence-electron chi connectivity index (χ3n) is 6.30. The summed E-state index contributed by atoms with van der Waals surface area (Å²) >= 11 is 0. The molecule has 0 fully saturated rings. The second-order valence-electron chi connectivity index (χ2n) is 10.0. The lowest BCUT2D eigenvalue weighted by molar-refractivity contribution is 0.292. The lowest BCUT2D eigenvalue weighted by Gasteiger charge is -2.21. The van der Waals surface area contributed by atoms with Crippen LogP contribution in [-0.2, 0) is 37.0 Å². The van der Waals surface area contributed by atoms with Crippen LogP contribution in [0, 0.1) is 13.8 Å². The number of ether oxygens (including phenoxy) is 3. The van der Waals surface area contributed by atoms with Gasteiger partial charge >= 0.3 is 30.4 Å². The van der Waals surface area contributed by atoms with E-state index in [1.807, 2.05) is 0 Å². The molecule has 0 amide bonds. The summed E-state index contributed by atoms with van der Waals surface area (Å²) < 4.78 is 111. The van der Waals surface area contributed by atoms with E-state index in [1.165, 1.54) is 56.7 Å². The number of aryl methyl sites for hydroxylation is 2. The fraction of sp³-hybridized carbons (Fsp3) is 0.276. The largest absolute Gasteiger partial charge is 0.496 e. The van der Waals surface area contributed by atoms with Crippen molar-refractivity contribution in [1.82, 2.24) is 5.16 Å². The van der Waals surface area contributed by atoms with E-state index >= 15 is 0 Å². The molecule has 17 heteroatoms. The molecule has 0 bridgehead atoms. The summed E-state index contributed by atoms with van der Waals surface area (Å²) in [7, 11) is -9.35. The van der Waals surface area contributed by atoms with Crippen molar-refractivity contribution in [2.45, 2.75) is 20.5 Å². The van der Waals surface area contributed by atoms with E-state index in [2.05, 4.69) is 5.16 Å². The van der Waals surface area contributed by atoms with Gasteiger partial charge in [-0.2, -0.15) is 25.3 Å². The van der Waals surface area contributed by atoms with Gasteiger partial charge in [-0.3, -0.25) is 0 Å². The normalized spacial score (nSPS) is 12.0. The van der Waals surface area contributed by atoms with Crippen molar-refractivity contribution in [3.8, 4) is 56.8 Å². The average Bonchev–Trinajstić information content (AvgIpc) is 3.26. The maximum absolute atomic E-state index is 12.5. The summed E-state index contributed by atoms with van der Waals surface area (Å²) in [5.41, 5.74) is 2.35. The SMILES string of the molecule is COc1cc(-c2ccc(OS(C)(=O)=O)cc2)c(OC)c(OS(C)(=O)=O)c1-c1ccc(OCc2c(C)noc2C)c(OS(C)(=O)=O)c1. The highest BCUT2D eigenvalue weighted by molar-refractivity contribution is 7.86. The number of methoxy groups -OCH3 is 2. The van der Waals surface area contributed by atoms with Crippen molar-refractivity contribution in [3.63, 3.8) is 0 Å². The van der Waals surface area contributed by atoms with E-state index in [9.17, 15) is 25.3 Å². The summed E-state index contributed by atoms with van der Waals surface area (Å²) in [4.78, 5) is 0. The van der Waals surface area contributed by atoms with Crippen molar-refractivity contribution in [2.24, 2.45) is 0 Å². The van der Waals surface area contributed by atoms with Crippen LogP contribution >= 0.6 is 0 Å². The lowest BCUT2D eigenvalue weighted by Crippen LogP contribution is -2.10. The summed E-state index contributed by atoms with van der Waals surface area (Å²) in [5.74, 6) is 0.240. The van der Waals surface area contributed by atoms with Crippen LogP contribution in [0.15, 0.2) is 53.1 Å². The van der Waals surface area contributed by atoms with Gasteiger partial charge in [-0.15, -0.1) is 0 Å². The smallest absolute Gasteiger partial charge is 0.306 e. The number of nitrogens with zero attached hydrogens (tertiary/aromatic N) is 1. The highest BCUT2D eigenvalue weighted by atomic mass is 32.2. The summed E-state index contributed by atoms with van der Waals surface area (Å²) in [6.07, 6.45) is 2.61. The van der Waals surface area contributed by atoms with Crippen LogP contribution in [0.2, 0.25) is 0 Å². The molecule has 0 aliphatic rings. The minimum Gasteiger partial charge on any atom is -0.496 e. The number of hydrogen-bond acceptors (Lipinski definition) is 14. The second kappa shape index (κ2) is 13.1. The molecule has 1 heterocycles. The predicted octanol–water partition coefficient (Wildman–Crippen LogP) is 4.24. The molecule has 46 heavy (non-hydrogen) atoms. The molecule has 4 rings (SSSR count). The van der Waals surface area contributed by atoms with Gasteiger partial charge in [-0.05, 0) is 55.3 Å². The Labute approximate surface area is 267 Å². The molecule has 1 aromatic heterocycles. The van der Waals surface area contributed by atoms with E-state index in [4.69, 9.17) is 31.3 Å². The lowest BCUT2D eigenvalue weighted by atomic mass is 9.96. The van der Waals surface area contributed by atoms with Crippen molar-refractivity contribution >= 4 is 30.4 Å². The molecule has 14 nitrogen and oxygen atoms in total. The number of rotatable bonds is 13. The molecule has 0 N–H and O–H groups in total. The monoisotopic (exact) mass is 697 g/mol. The molecule has 0 aliphatic heterocycles. The van der Waals surface area contributed by atoms with Crippen molar-refractivity contribution in [3.05, 3.63) is 65.5 Å². The Kier molecular flexibility index (Phi) is 9.79. The molecular weight excluding hydrogens is 667 g/mol. The zero-order valence-corrected chi connectivity index (χ0v) is 28.3. The topological polar surface area (TPSA) is 184 Å². The molecule has 0 spiro atoms. The Morgan fingerprint density at radius 3 is 1.80 bits per heavy atom. The molecule has 0 aliphatic carbocycles. The van der Waals surface area contributed by atoms with Crippen LogP contribution in [0.1, 0.15) is 17.0 Å². The minimum absolute atomic E-state index is 0.0110. The van der Waals surface area contributed by atoms with Gasteiger partial charge in [-0.1, -0.05) is 23.4 Å². The quantitative estimate of drug-likeness (QED) is 0.181. The summed E-state index contributed by atoms with van der Waals surface area (Å²) in [5, 5.41) is 3.88. The van der Waals surface area contributed by atoms with Crippen molar-refractivity contribution in [1.29, 1.82) is 0 Å². The zero-order valence-electron chi connectivity index (χ0n) is 25.8. The summed E-state index contributed by atoms with van der Waals surface area (Å²) in [6, 6.07) is 11.7. The van der Waals surface area contributed by atoms with E-state index in [1.54, 1.807) is 19.9 Å². The number of benzene rings is 3. The van der Waals surface area contributed by atoms with Gasteiger partial charge in [0.25, 0.3) is 0 Å². The molecule has 0 radical (unpaired) electrons. The first-order valence-corrected chi connectivity index (χ1v) is 18.6. The molecule has 0 saturated carbocycles. The molecule has 248 valence electrons. The highest BCUT2D eigenvalue weighted by Crippen LogP contribution is 2.52. The maximum atomic E-state index is 12.5. The Hall–Kier alpha value is -4.48. The standard InChI is InChI=1S/C29H31NO13S3/c1-17-23(18(2)40-30-17)16-39-24-13-10-20(14-25(24)42-45(6,33)34)27-26(37-3)15-22(28(38-4)29(27)43-46(7,35)36)19-8-11-21(12-9-19)41-44(5,31)32/h8-15H,16H2,1-7H3. The van der Waals surface area contributed by atoms with Gasteiger partial charge in [-0.25, -0.2) is 0 Å². The molecule has 0 saturated heterocycles. The molecule has 0 atom stereocenters. The van der Waals surface area contributed by atoms with Crippen LogP contribution in [0.5, 0.6) is 34.5 Å². The fourth-order valence-corrected chi connectivity index (χ4v) is 5.81. The Morgan fingerprint density at radius 1 is 0.674 bits per heavy atom. The number of aromatic nitrogens is 1. The third kappa shape index (κ3) is 8.41. The summed E-state index contributed by atoms with van der Waals surface area (Å²) in [6.45, 7) is 3.43. The Balaban J connectivity index is 1.91. The van der Waals surface area contributed by atoms with Crippen molar-refractivity contribution < 1.29 is 56.5 Å². The van der Waals surface area contributed by atoms with Crippen LogP contribution in [0.4, 0.5) is 0 Å². The van der Waals surface area contributed by atoms with Crippen LogP contribution in [0.3, 0.4) is 0 Å². The van der Waals surface area contributed by atoms with Crippen molar-refractivity contribution in [2.75, 3.05) is 33.0 Å². The Bertz CT molecular complexity index is 2070.